The first-order valence-corrected chi connectivity index (χ1v) is 10.5. The van der Waals surface area contributed by atoms with Gasteiger partial charge in [-0.15, -0.1) is 0 Å². The fourth-order valence-electron chi connectivity index (χ4n) is 3.26. The van der Waals surface area contributed by atoms with Gasteiger partial charge in [0.2, 0.25) is 0 Å². The number of carbonyl (C=O) groups excluding carboxylic acids is 3. The van der Waals surface area contributed by atoms with Gasteiger partial charge in [-0.1, -0.05) is 53.2 Å². The molecule has 1 heterocycles. The highest BCUT2D eigenvalue weighted by Crippen LogP contribution is 2.29. The van der Waals surface area contributed by atoms with Crippen LogP contribution in [0.5, 0.6) is 0 Å². The summed E-state index contributed by atoms with van der Waals surface area (Å²) < 4.78 is 12.1. The minimum atomic E-state index is -0.974. The predicted molar refractivity (Wildman–Crippen MR) is 111 cm³/mol. The Bertz CT molecular complexity index is 863. The van der Waals surface area contributed by atoms with E-state index in [-0.39, 0.29) is 30.5 Å². The molecule has 0 N–H and O–H groups in total. The van der Waals surface area contributed by atoms with Crippen LogP contribution in [0.15, 0.2) is 59.1 Å². The standard InChI is InChI=1S/C23H23BrO5/c1-15-6-5-9-19(25)21(29-23(27)17-10-12-18(24)13-11-17)14-20(28-22(15)26)16-7-3-2-4-8-16/h2-4,7-8,10-13,15,20-21H,5-6,9,14H2,1H3/t15-,20-,21-/m1/s1. The zero-order valence-electron chi connectivity index (χ0n) is 16.2. The van der Waals surface area contributed by atoms with Crippen LogP contribution in [0.3, 0.4) is 0 Å². The molecule has 1 aliphatic heterocycles. The highest BCUT2D eigenvalue weighted by atomic mass is 79.9. The van der Waals surface area contributed by atoms with Gasteiger partial charge in [-0.2, -0.15) is 0 Å². The topological polar surface area (TPSA) is 69.7 Å². The SMILES string of the molecule is C[C@@H]1CCCC(=O)[C@H](OC(=O)c2ccc(Br)cc2)C[C@H](c2ccccc2)OC1=O. The van der Waals surface area contributed by atoms with Crippen LogP contribution >= 0.6 is 15.9 Å². The van der Waals surface area contributed by atoms with E-state index in [9.17, 15) is 14.4 Å². The van der Waals surface area contributed by atoms with E-state index >= 15 is 0 Å². The number of hydrogen-bond acceptors (Lipinski definition) is 5. The third-order valence-corrected chi connectivity index (χ3v) is 5.54. The Morgan fingerprint density at radius 3 is 2.45 bits per heavy atom. The molecule has 1 aliphatic rings. The van der Waals surface area contributed by atoms with Gasteiger partial charge in [0.25, 0.3) is 0 Å². The minimum absolute atomic E-state index is 0.101. The molecule has 0 spiro atoms. The maximum Gasteiger partial charge on any atom is 0.338 e. The van der Waals surface area contributed by atoms with Gasteiger partial charge in [-0.3, -0.25) is 9.59 Å². The van der Waals surface area contributed by atoms with Crippen LogP contribution in [0.4, 0.5) is 0 Å². The van der Waals surface area contributed by atoms with E-state index < -0.39 is 18.2 Å². The van der Waals surface area contributed by atoms with Crippen LogP contribution in [0, 0.1) is 5.92 Å². The maximum absolute atomic E-state index is 12.8. The molecule has 0 amide bonds. The average Bonchev–Trinajstić information content (AvgIpc) is 2.72. The molecule has 1 fully saturated rings. The number of esters is 2. The molecule has 1 saturated heterocycles. The highest BCUT2D eigenvalue weighted by molar-refractivity contribution is 9.10. The molecule has 152 valence electrons. The third kappa shape index (κ3) is 5.76. The summed E-state index contributed by atoms with van der Waals surface area (Å²) in [6.07, 6.45) is -0.161. The first-order chi connectivity index (χ1) is 13.9. The van der Waals surface area contributed by atoms with Gasteiger partial charge >= 0.3 is 11.9 Å². The first kappa shape index (κ1) is 21.2. The Hall–Kier alpha value is -2.47. The van der Waals surface area contributed by atoms with Crippen molar-refractivity contribution in [2.45, 2.75) is 44.8 Å². The number of rotatable bonds is 3. The number of ether oxygens (including phenoxy) is 2. The van der Waals surface area contributed by atoms with E-state index in [1.165, 1.54) is 0 Å². The van der Waals surface area contributed by atoms with Gasteiger partial charge in [-0.05, 0) is 42.7 Å². The van der Waals surface area contributed by atoms with Gasteiger partial charge in [0.15, 0.2) is 11.9 Å². The molecule has 0 saturated carbocycles. The largest absolute Gasteiger partial charge is 0.457 e. The second kappa shape index (κ2) is 9.83. The van der Waals surface area contributed by atoms with Crippen molar-refractivity contribution in [3.05, 3.63) is 70.2 Å². The first-order valence-electron chi connectivity index (χ1n) is 9.68. The molecule has 6 heteroatoms. The molecule has 0 unspecified atom stereocenters. The molecule has 2 aromatic carbocycles. The molecular formula is C23H23BrO5. The molecule has 3 rings (SSSR count). The smallest absolute Gasteiger partial charge is 0.338 e. The van der Waals surface area contributed by atoms with Gasteiger partial charge in [-0.25, -0.2) is 4.79 Å². The predicted octanol–water partition coefficient (Wildman–Crippen LogP) is 5.04. The lowest BCUT2D eigenvalue weighted by Crippen LogP contribution is -2.32. The molecule has 3 atom stereocenters. The second-order valence-corrected chi connectivity index (χ2v) is 8.15. The lowest BCUT2D eigenvalue weighted by Gasteiger charge is -2.26. The van der Waals surface area contributed by atoms with Crippen LogP contribution in [0.1, 0.15) is 54.6 Å². The van der Waals surface area contributed by atoms with E-state index in [4.69, 9.17) is 9.47 Å². The van der Waals surface area contributed by atoms with E-state index in [1.54, 1.807) is 24.3 Å². The lowest BCUT2D eigenvalue weighted by molar-refractivity contribution is -0.157. The van der Waals surface area contributed by atoms with Crippen molar-refractivity contribution in [2.24, 2.45) is 5.92 Å². The monoisotopic (exact) mass is 458 g/mol. The Kier molecular flexibility index (Phi) is 7.20. The Morgan fingerprint density at radius 2 is 1.76 bits per heavy atom. The summed E-state index contributed by atoms with van der Waals surface area (Å²) in [6, 6.07) is 16.0. The summed E-state index contributed by atoms with van der Waals surface area (Å²) in [5.41, 5.74) is 1.13. The van der Waals surface area contributed by atoms with Crippen molar-refractivity contribution in [1.29, 1.82) is 0 Å². The number of carbonyl (C=O) groups is 3. The van der Waals surface area contributed by atoms with Crippen LogP contribution in [0.25, 0.3) is 0 Å². The van der Waals surface area contributed by atoms with Crippen molar-refractivity contribution in [1.82, 2.24) is 0 Å². The number of ketones is 1. The van der Waals surface area contributed by atoms with Crippen LogP contribution in [0.2, 0.25) is 0 Å². The summed E-state index contributed by atoms with van der Waals surface area (Å²) in [5, 5.41) is 0. The fourth-order valence-corrected chi connectivity index (χ4v) is 3.52. The number of cyclic esters (lactones) is 1. The zero-order chi connectivity index (χ0) is 20.8. The zero-order valence-corrected chi connectivity index (χ0v) is 17.8. The van der Waals surface area contributed by atoms with Gasteiger partial charge < -0.3 is 9.47 Å². The summed E-state index contributed by atoms with van der Waals surface area (Å²) in [6.45, 7) is 1.81. The molecular weight excluding hydrogens is 436 g/mol. The lowest BCUT2D eigenvalue weighted by atomic mass is 9.95. The van der Waals surface area contributed by atoms with Crippen molar-refractivity contribution < 1.29 is 23.9 Å². The summed E-state index contributed by atoms with van der Waals surface area (Å²) in [5.74, 6) is -1.30. The van der Waals surface area contributed by atoms with Crippen molar-refractivity contribution in [3.8, 4) is 0 Å². The van der Waals surface area contributed by atoms with E-state index in [1.807, 2.05) is 37.3 Å². The molecule has 0 bridgehead atoms. The summed E-state index contributed by atoms with van der Waals surface area (Å²) >= 11 is 3.33. The average molecular weight is 459 g/mol. The number of benzene rings is 2. The molecule has 0 aliphatic carbocycles. The van der Waals surface area contributed by atoms with Crippen LogP contribution in [-0.4, -0.2) is 23.8 Å². The Balaban J connectivity index is 1.84. The summed E-state index contributed by atoms with van der Waals surface area (Å²) in [7, 11) is 0. The highest BCUT2D eigenvalue weighted by Gasteiger charge is 2.32. The maximum atomic E-state index is 12.8. The number of halogens is 1. The van der Waals surface area contributed by atoms with Crippen molar-refractivity contribution in [2.75, 3.05) is 0 Å². The Labute approximate surface area is 178 Å². The van der Waals surface area contributed by atoms with E-state index in [2.05, 4.69) is 15.9 Å². The molecule has 0 aromatic heterocycles. The minimum Gasteiger partial charge on any atom is -0.457 e. The van der Waals surface area contributed by atoms with Gasteiger partial charge in [0, 0.05) is 17.3 Å². The second-order valence-electron chi connectivity index (χ2n) is 7.23. The third-order valence-electron chi connectivity index (χ3n) is 5.01. The molecule has 29 heavy (non-hydrogen) atoms. The van der Waals surface area contributed by atoms with Gasteiger partial charge in [0.1, 0.15) is 6.10 Å². The molecule has 0 radical (unpaired) electrons. The van der Waals surface area contributed by atoms with E-state index in [0.717, 1.165) is 10.0 Å². The Morgan fingerprint density at radius 1 is 1.07 bits per heavy atom. The molecule has 2 aromatic rings. The fraction of sp³-hybridized carbons (Fsp3) is 0.348. The summed E-state index contributed by atoms with van der Waals surface area (Å²) in [4.78, 5) is 37.8. The van der Waals surface area contributed by atoms with Crippen LogP contribution in [-0.2, 0) is 19.1 Å². The number of hydrogen-bond donors (Lipinski definition) is 0. The molecule has 5 nitrogen and oxygen atoms in total. The van der Waals surface area contributed by atoms with E-state index in [0.29, 0.717) is 18.4 Å². The van der Waals surface area contributed by atoms with Crippen molar-refractivity contribution >= 4 is 33.7 Å². The number of Topliss-reactive ketones (excluding diaryl/α,β-unsaturated/α-hetero) is 1. The quantitative estimate of drug-likeness (QED) is 0.602. The normalized spacial score (nSPS) is 23.2. The van der Waals surface area contributed by atoms with Crippen LogP contribution < -0.4 is 0 Å². The van der Waals surface area contributed by atoms with Crippen molar-refractivity contribution in [3.63, 3.8) is 0 Å². The van der Waals surface area contributed by atoms with Gasteiger partial charge in [0.05, 0.1) is 11.5 Å².